The summed E-state index contributed by atoms with van der Waals surface area (Å²) in [5.41, 5.74) is 1.17. The van der Waals surface area contributed by atoms with Gasteiger partial charge in [0.1, 0.15) is 5.82 Å². The molecule has 0 aliphatic carbocycles. The van der Waals surface area contributed by atoms with Crippen LogP contribution in [0.25, 0.3) is 0 Å². The molecule has 0 bridgehead atoms. The highest BCUT2D eigenvalue weighted by Crippen LogP contribution is 2.37. The van der Waals surface area contributed by atoms with Crippen LogP contribution in [-0.4, -0.2) is 29.9 Å². The summed E-state index contributed by atoms with van der Waals surface area (Å²) in [5, 5.41) is 5.66. The zero-order valence-corrected chi connectivity index (χ0v) is 16.5. The Balaban J connectivity index is 1.79. The molecule has 3 rings (SSSR count). The molecule has 1 saturated heterocycles. The van der Waals surface area contributed by atoms with Crippen molar-refractivity contribution in [2.45, 2.75) is 33.2 Å². The van der Waals surface area contributed by atoms with Gasteiger partial charge in [0.05, 0.1) is 16.6 Å². The average molecular weight is 389 g/mol. The van der Waals surface area contributed by atoms with Gasteiger partial charge in [0.25, 0.3) is 5.91 Å². The molecule has 144 valence electrons. The van der Waals surface area contributed by atoms with E-state index in [4.69, 9.17) is 0 Å². The Morgan fingerprint density at radius 1 is 1.33 bits per heavy atom. The van der Waals surface area contributed by atoms with Crippen LogP contribution in [0.3, 0.4) is 0 Å². The van der Waals surface area contributed by atoms with E-state index in [1.165, 1.54) is 17.4 Å². The molecule has 1 aromatic carbocycles. The Bertz CT molecular complexity index is 852. The fourth-order valence-corrected chi connectivity index (χ4v) is 4.35. The molecule has 3 amide bonds. The highest BCUT2D eigenvalue weighted by atomic mass is 32.1. The van der Waals surface area contributed by atoms with E-state index in [0.717, 1.165) is 11.3 Å². The van der Waals surface area contributed by atoms with Crippen LogP contribution in [0.4, 0.5) is 14.9 Å². The zero-order valence-electron chi connectivity index (χ0n) is 15.7. The van der Waals surface area contributed by atoms with Crippen molar-refractivity contribution in [2.24, 2.45) is 5.92 Å². The lowest BCUT2D eigenvalue weighted by Gasteiger charge is -2.25. The van der Waals surface area contributed by atoms with E-state index in [1.807, 2.05) is 13.8 Å². The smallest absolute Gasteiger partial charge is 0.322 e. The number of carbonyl (C=O) groups is 2. The first-order valence-electron chi connectivity index (χ1n) is 9.11. The second-order valence-electron chi connectivity index (χ2n) is 6.90. The first-order chi connectivity index (χ1) is 12.9. The lowest BCUT2D eigenvalue weighted by Crippen LogP contribution is -2.35. The number of hydrogen-bond acceptors (Lipinski definition) is 3. The summed E-state index contributed by atoms with van der Waals surface area (Å²) in [5.74, 6) is -0.153. The number of thiophene rings is 1. The van der Waals surface area contributed by atoms with Crippen molar-refractivity contribution in [3.05, 3.63) is 51.5 Å². The highest BCUT2D eigenvalue weighted by Gasteiger charge is 2.35. The molecule has 2 aromatic rings. The third kappa shape index (κ3) is 4.13. The van der Waals surface area contributed by atoms with Gasteiger partial charge in [-0.05, 0) is 38.3 Å². The van der Waals surface area contributed by atoms with Gasteiger partial charge in [-0.3, -0.25) is 4.79 Å². The van der Waals surface area contributed by atoms with Crippen molar-refractivity contribution >= 4 is 29.0 Å². The molecule has 2 unspecified atom stereocenters. The van der Waals surface area contributed by atoms with Crippen LogP contribution < -0.4 is 10.6 Å². The maximum atomic E-state index is 14.3. The molecule has 1 fully saturated rings. The van der Waals surface area contributed by atoms with Gasteiger partial charge >= 0.3 is 6.03 Å². The molecule has 1 aliphatic rings. The number of nitrogens with one attached hydrogen (secondary N) is 2. The number of amides is 3. The van der Waals surface area contributed by atoms with Gasteiger partial charge in [0, 0.05) is 23.5 Å². The minimum Gasteiger partial charge on any atom is -0.352 e. The van der Waals surface area contributed by atoms with E-state index in [0.29, 0.717) is 29.2 Å². The van der Waals surface area contributed by atoms with Crippen LogP contribution in [0.1, 0.15) is 46.4 Å². The Morgan fingerprint density at radius 2 is 2.07 bits per heavy atom. The SMILES string of the molecule is CCNC(=O)c1cc(NC(=O)N2CC(C)CC2c2ccccc2F)c(C)s1. The van der Waals surface area contributed by atoms with E-state index < -0.39 is 0 Å². The maximum Gasteiger partial charge on any atom is 0.322 e. The van der Waals surface area contributed by atoms with Crippen molar-refractivity contribution in [3.8, 4) is 0 Å². The summed E-state index contributed by atoms with van der Waals surface area (Å²) in [4.78, 5) is 28.0. The topological polar surface area (TPSA) is 61.4 Å². The standard InChI is InChI=1S/C20H24FN3O2S/c1-4-22-19(25)18-10-16(13(3)27-18)23-20(26)24-11-12(2)9-17(24)14-7-5-6-8-15(14)21/h5-8,10,12,17H,4,9,11H2,1-3H3,(H,22,25)(H,23,26). The molecular formula is C20H24FN3O2S. The van der Waals surface area contributed by atoms with Gasteiger partial charge < -0.3 is 15.5 Å². The Kier molecular flexibility index (Phi) is 5.79. The monoisotopic (exact) mass is 389 g/mol. The lowest BCUT2D eigenvalue weighted by atomic mass is 10.0. The van der Waals surface area contributed by atoms with Crippen LogP contribution in [-0.2, 0) is 0 Å². The summed E-state index contributed by atoms with van der Waals surface area (Å²) in [6.45, 7) is 6.90. The zero-order chi connectivity index (χ0) is 19.6. The Labute approximate surface area is 162 Å². The number of halogens is 1. The molecular weight excluding hydrogens is 365 g/mol. The second kappa shape index (κ2) is 8.08. The summed E-state index contributed by atoms with van der Waals surface area (Å²) in [6, 6.07) is 7.75. The predicted molar refractivity (Wildman–Crippen MR) is 106 cm³/mol. The number of carbonyl (C=O) groups excluding carboxylic acids is 2. The summed E-state index contributed by atoms with van der Waals surface area (Å²) < 4.78 is 14.3. The van der Waals surface area contributed by atoms with Crippen LogP contribution in [0.2, 0.25) is 0 Å². The number of benzene rings is 1. The number of rotatable bonds is 4. The van der Waals surface area contributed by atoms with Crippen LogP contribution in [0.15, 0.2) is 30.3 Å². The van der Waals surface area contributed by atoms with Crippen molar-refractivity contribution in [1.29, 1.82) is 0 Å². The van der Waals surface area contributed by atoms with Crippen molar-refractivity contribution in [1.82, 2.24) is 10.2 Å². The first-order valence-corrected chi connectivity index (χ1v) is 9.93. The number of anilines is 1. The van der Waals surface area contributed by atoms with Gasteiger partial charge in [-0.25, -0.2) is 9.18 Å². The molecule has 2 atom stereocenters. The molecule has 7 heteroatoms. The fraction of sp³-hybridized carbons (Fsp3) is 0.400. The Hall–Kier alpha value is -2.41. The van der Waals surface area contributed by atoms with E-state index in [2.05, 4.69) is 17.6 Å². The number of urea groups is 1. The van der Waals surface area contributed by atoms with Crippen molar-refractivity contribution in [3.63, 3.8) is 0 Å². The summed E-state index contributed by atoms with van der Waals surface area (Å²) in [6.07, 6.45) is 0.723. The molecule has 2 N–H and O–H groups in total. The minimum absolute atomic E-state index is 0.148. The number of hydrogen-bond donors (Lipinski definition) is 2. The van der Waals surface area contributed by atoms with E-state index in [9.17, 15) is 14.0 Å². The van der Waals surface area contributed by atoms with Gasteiger partial charge in [0.15, 0.2) is 0 Å². The third-order valence-corrected chi connectivity index (χ3v) is 5.81. The van der Waals surface area contributed by atoms with Crippen LogP contribution >= 0.6 is 11.3 Å². The van der Waals surface area contributed by atoms with Crippen LogP contribution in [0, 0.1) is 18.7 Å². The van der Waals surface area contributed by atoms with Gasteiger partial charge in [0.2, 0.25) is 0 Å². The number of likely N-dealkylation sites (tertiary alicyclic amines) is 1. The molecule has 0 spiro atoms. The molecule has 2 heterocycles. The highest BCUT2D eigenvalue weighted by molar-refractivity contribution is 7.14. The largest absolute Gasteiger partial charge is 0.352 e. The lowest BCUT2D eigenvalue weighted by molar-refractivity contribution is 0.0960. The fourth-order valence-electron chi connectivity index (χ4n) is 3.46. The van der Waals surface area contributed by atoms with Gasteiger partial charge in [-0.1, -0.05) is 25.1 Å². The van der Waals surface area contributed by atoms with E-state index in [1.54, 1.807) is 29.2 Å². The first kappa shape index (κ1) is 19.4. The number of nitrogens with zero attached hydrogens (tertiary/aromatic N) is 1. The predicted octanol–water partition coefficient (Wildman–Crippen LogP) is 4.56. The molecule has 5 nitrogen and oxygen atoms in total. The Morgan fingerprint density at radius 3 is 2.78 bits per heavy atom. The second-order valence-corrected chi connectivity index (χ2v) is 8.16. The normalized spacial score (nSPS) is 19.2. The van der Waals surface area contributed by atoms with E-state index >= 15 is 0 Å². The molecule has 0 saturated carbocycles. The van der Waals surface area contributed by atoms with Gasteiger partial charge in [-0.15, -0.1) is 11.3 Å². The quantitative estimate of drug-likeness (QED) is 0.805. The molecule has 1 aromatic heterocycles. The molecule has 0 radical (unpaired) electrons. The molecule has 27 heavy (non-hydrogen) atoms. The summed E-state index contributed by atoms with van der Waals surface area (Å²) in [7, 11) is 0. The van der Waals surface area contributed by atoms with Gasteiger partial charge in [-0.2, -0.15) is 0 Å². The van der Waals surface area contributed by atoms with E-state index in [-0.39, 0.29) is 29.7 Å². The third-order valence-electron chi connectivity index (χ3n) is 4.76. The maximum absolute atomic E-state index is 14.3. The van der Waals surface area contributed by atoms with Crippen LogP contribution in [0.5, 0.6) is 0 Å². The molecule has 1 aliphatic heterocycles. The number of aryl methyl sites for hydroxylation is 1. The van der Waals surface area contributed by atoms with Crippen molar-refractivity contribution in [2.75, 3.05) is 18.4 Å². The minimum atomic E-state index is -0.292. The average Bonchev–Trinajstić information content (AvgIpc) is 3.19. The van der Waals surface area contributed by atoms with Crippen molar-refractivity contribution < 1.29 is 14.0 Å². The summed E-state index contributed by atoms with van der Waals surface area (Å²) >= 11 is 1.34.